The lowest BCUT2D eigenvalue weighted by Gasteiger charge is -1.95. The van der Waals surface area contributed by atoms with Crippen LogP contribution in [-0.2, 0) is 4.74 Å². The Morgan fingerprint density at radius 3 is 2.38 bits per heavy atom. The standard InChI is InChI=1S/C5H10O3/c1-5(3-7)4(2-6)8-5/h4,6-7H,2-3H2,1H3/t4-,5-/m1/s1. The fraction of sp³-hybridized carbons (Fsp3) is 1.00. The van der Waals surface area contributed by atoms with E-state index in [-0.39, 0.29) is 19.3 Å². The van der Waals surface area contributed by atoms with Crippen molar-refractivity contribution in [3.05, 3.63) is 0 Å². The van der Waals surface area contributed by atoms with Crippen LogP contribution in [0, 0.1) is 0 Å². The van der Waals surface area contributed by atoms with Gasteiger partial charge in [-0.3, -0.25) is 0 Å². The van der Waals surface area contributed by atoms with Crippen molar-refractivity contribution in [3.8, 4) is 0 Å². The second-order valence-corrected chi connectivity index (χ2v) is 2.26. The normalized spacial score (nSPS) is 44.6. The molecule has 3 heteroatoms. The van der Waals surface area contributed by atoms with Crippen molar-refractivity contribution >= 4 is 0 Å². The van der Waals surface area contributed by atoms with Gasteiger partial charge in [0.2, 0.25) is 0 Å². The summed E-state index contributed by atoms with van der Waals surface area (Å²) in [5.74, 6) is 0. The van der Waals surface area contributed by atoms with E-state index in [0.717, 1.165) is 0 Å². The molecule has 1 rings (SSSR count). The second kappa shape index (κ2) is 1.69. The maximum Gasteiger partial charge on any atom is 0.117 e. The first-order valence-electron chi connectivity index (χ1n) is 2.62. The zero-order valence-corrected chi connectivity index (χ0v) is 4.79. The molecule has 0 aliphatic carbocycles. The predicted molar refractivity (Wildman–Crippen MR) is 27.4 cm³/mol. The molecule has 0 radical (unpaired) electrons. The van der Waals surface area contributed by atoms with Crippen LogP contribution < -0.4 is 0 Å². The Bertz CT molecular complexity index is 93.7. The lowest BCUT2D eigenvalue weighted by molar-refractivity contribution is 0.182. The Balaban J connectivity index is 2.31. The molecule has 1 fully saturated rings. The molecule has 0 unspecified atom stereocenters. The van der Waals surface area contributed by atoms with E-state index in [0.29, 0.717) is 0 Å². The molecule has 0 amide bonds. The number of aliphatic hydroxyl groups excluding tert-OH is 2. The molecule has 1 saturated heterocycles. The summed E-state index contributed by atoms with van der Waals surface area (Å²) in [6, 6.07) is 0. The van der Waals surface area contributed by atoms with Crippen molar-refractivity contribution in [2.45, 2.75) is 18.6 Å². The fourth-order valence-corrected chi connectivity index (χ4v) is 0.660. The van der Waals surface area contributed by atoms with E-state index in [9.17, 15) is 0 Å². The van der Waals surface area contributed by atoms with E-state index < -0.39 is 5.60 Å². The number of hydrogen-bond acceptors (Lipinski definition) is 3. The molecular formula is C5H10O3. The number of epoxide rings is 1. The lowest BCUT2D eigenvalue weighted by Crippen LogP contribution is -2.16. The van der Waals surface area contributed by atoms with E-state index in [4.69, 9.17) is 14.9 Å². The first-order valence-corrected chi connectivity index (χ1v) is 2.62. The average molecular weight is 118 g/mol. The molecule has 2 atom stereocenters. The van der Waals surface area contributed by atoms with Crippen LogP contribution in [0.1, 0.15) is 6.92 Å². The van der Waals surface area contributed by atoms with Gasteiger partial charge in [0.1, 0.15) is 11.7 Å². The van der Waals surface area contributed by atoms with Crippen molar-refractivity contribution in [1.82, 2.24) is 0 Å². The third-order valence-corrected chi connectivity index (χ3v) is 1.52. The van der Waals surface area contributed by atoms with E-state index >= 15 is 0 Å². The molecule has 0 spiro atoms. The molecule has 0 aromatic heterocycles. The molecule has 48 valence electrons. The zero-order chi connectivity index (χ0) is 6.20. The van der Waals surface area contributed by atoms with Gasteiger partial charge in [-0.15, -0.1) is 0 Å². The van der Waals surface area contributed by atoms with Crippen LogP contribution in [0.2, 0.25) is 0 Å². The van der Waals surface area contributed by atoms with Gasteiger partial charge in [0.25, 0.3) is 0 Å². The molecule has 1 aliphatic rings. The Kier molecular flexibility index (Phi) is 1.27. The zero-order valence-electron chi connectivity index (χ0n) is 4.79. The van der Waals surface area contributed by atoms with Crippen LogP contribution in [0.25, 0.3) is 0 Å². The van der Waals surface area contributed by atoms with Crippen LogP contribution in [-0.4, -0.2) is 35.1 Å². The van der Waals surface area contributed by atoms with Gasteiger partial charge < -0.3 is 14.9 Å². The third-order valence-electron chi connectivity index (χ3n) is 1.52. The summed E-state index contributed by atoms with van der Waals surface area (Å²) in [5.41, 5.74) is -0.436. The minimum atomic E-state index is -0.436. The van der Waals surface area contributed by atoms with Crippen LogP contribution in [0.15, 0.2) is 0 Å². The number of rotatable bonds is 2. The summed E-state index contributed by atoms with van der Waals surface area (Å²) in [6.07, 6.45) is -0.132. The first kappa shape index (κ1) is 6.01. The fourth-order valence-electron chi connectivity index (χ4n) is 0.660. The summed E-state index contributed by atoms with van der Waals surface area (Å²) < 4.78 is 4.90. The Hall–Kier alpha value is -0.120. The topological polar surface area (TPSA) is 53.0 Å². The SMILES string of the molecule is C[C@]1(CO)O[C@@H]1CO. The maximum absolute atomic E-state index is 8.53. The smallest absolute Gasteiger partial charge is 0.117 e. The van der Waals surface area contributed by atoms with Crippen LogP contribution in [0.3, 0.4) is 0 Å². The molecule has 1 heterocycles. The van der Waals surface area contributed by atoms with Crippen LogP contribution >= 0.6 is 0 Å². The van der Waals surface area contributed by atoms with E-state index in [1.165, 1.54) is 0 Å². The quantitative estimate of drug-likeness (QED) is 0.463. The van der Waals surface area contributed by atoms with Gasteiger partial charge in [-0.25, -0.2) is 0 Å². The van der Waals surface area contributed by atoms with E-state index in [1.807, 2.05) is 0 Å². The molecule has 1 aliphatic heterocycles. The highest BCUT2D eigenvalue weighted by molar-refractivity contribution is 4.97. The van der Waals surface area contributed by atoms with E-state index in [2.05, 4.69) is 0 Å². The van der Waals surface area contributed by atoms with Crippen molar-refractivity contribution in [2.24, 2.45) is 0 Å². The van der Waals surface area contributed by atoms with Gasteiger partial charge in [-0.05, 0) is 6.92 Å². The predicted octanol–water partition coefficient (Wildman–Crippen LogP) is -0.872. The minimum Gasteiger partial charge on any atom is -0.394 e. The average Bonchev–Trinajstić information content (AvgIpc) is 2.44. The number of aliphatic hydroxyl groups is 2. The second-order valence-electron chi connectivity index (χ2n) is 2.26. The van der Waals surface area contributed by atoms with Gasteiger partial charge in [-0.2, -0.15) is 0 Å². The Morgan fingerprint density at radius 2 is 2.25 bits per heavy atom. The molecule has 0 aromatic rings. The molecule has 0 aromatic carbocycles. The van der Waals surface area contributed by atoms with Gasteiger partial charge >= 0.3 is 0 Å². The highest BCUT2D eigenvalue weighted by Crippen LogP contribution is 2.34. The lowest BCUT2D eigenvalue weighted by atomic mass is 10.1. The molecule has 2 N–H and O–H groups in total. The number of ether oxygens (including phenoxy) is 1. The van der Waals surface area contributed by atoms with Gasteiger partial charge in [0.15, 0.2) is 0 Å². The summed E-state index contributed by atoms with van der Waals surface area (Å²) in [6.45, 7) is 1.78. The van der Waals surface area contributed by atoms with E-state index in [1.54, 1.807) is 6.92 Å². The van der Waals surface area contributed by atoms with Crippen molar-refractivity contribution < 1.29 is 14.9 Å². The molecule has 0 bridgehead atoms. The number of hydrogen-bond donors (Lipinski definition) is 2. The summed E-state index contributed by atoms with van der Waals surface area (Å²) in [7, 11) is 0. The van der Waals surface area contributed by atoms with Crippen molar-refractivity contribution in [1.29, 1.82) is 0 Å². The highest BCUT2D eigenvalue weighted by atomic mass is 16.6. The molecule has 8 heavy (non-hydrogen) atoms. The molecule has 3 nitrogen and oxygen atoms in total. The highest BCUT2D eigenvalue weighted by Gasteiger charge is 2.51. The van der Waals surface area contributed by atoms with Crippen molar-refractivity contribution in [2.75, 3.05) is 13.2 Å². The molecule has 0 saturated carbocycles. The Labute approximate surface area is 47.9 Å². The van der Waals surface area contributed by atoms with Crippen LogP contribution in [0.4, 0.5) is 0 Å². The van der Waals surface area contributed by atoms with Crippen LogP contribution in [0.5, 0.6) is 0 Å². The monoisotopic (exact) mass is 118 g/mol. The van der Waals surface area contributed by atoms with Gasteiger partial charge in [0, 0.05) is 0 Å². The first-order chi connectivity index (χ1) is 3.73. The minimum absolute atomic E-state index is 0.00176. The summed E-state index contributed by atoms with van der Waals surface area (Å²) >= 11 is 0. The van der Waals surface area contributed by atoms with Crippen molar-refractivity contribution in [3.63, 3.8) is 0 Å². The third kappa shape index (κ3) is 0.727. The Morgan fingerprint density at radius 1 is 1.62 bits per heavy atom. The molecular weight excluding hydrogens is 108 g/mol. The summed E-state index contributed by atoms with van der Waals surface area (Å²) in [5, 5.41) is 17.0. The van der Waals surface area contributed by atoms with Gasteiger partial charge in [0.05, 0.1) is 13.2 Å². The van der Waals surface area contributed by atoms with Gasteiger partial charge in [-0.1, -0.05) is 0 Å². The maximum atomic E-state index is 8.53. The largest absolute Gasteiger partial charge is 0.394 e. The summed E-state index contributed by atoms with van der Waals surface area (Å²) in [4.78, 5) is 0.